The highest BCUT2D eigenvalue weighted by molar-refractivity contribution is 5.97. The van der Waals surface area contributed by atoms with Crippen molar-refractivity contribution in [2.45, 2.75) is 46.5 Å². The molecule has 3 rings (SSSR count). The van der Waals surface area contributed by atoms with Gasteiger partial charge >= 0.3 is 0 Å². The van der Waals surface area contributed by atoms with E-state index in [9.17, 15) is 4.79 Å². The summed E-state index contributed by atoms with van der Waals surface area (Å²) < 4.78 is 7.20. The molecule has 0 unspecified atom stereocenters. The molecule has 1 aromatic carbocycles. The van der Waals surface area contributed by atoms with Gasteiger partial charge in [0.25, 0.3) is 5.91 Å². The fourth-order valence-corrected chi connectivity index (χ4v) is 3.62. The fourth-order valence-electron chi connectivity index (χ4n) is 3.62. The Morgan fingerprint density at radius 1 is 1.19 bits per heavy atom. The van der Waals surface area contributed by atoms with Crippen molar-refractivity contribution in [3.8, 4) is 11.4 Å². The number of rotatable bonds is 6. The van der Waals surface area contributed by atoms with Gasteiger partial charge in [0.05, 0.1) is 29.7 Å². The maximum Gasteiger partial charge on any atom is 0.257 e. The molecular formula is C21H29N3O2. The molecule has 2 aromatic rings. The van der Waals surface area contributed by atoms with E-state index in [0.29, 0.717) is 5.92 Å². The van der Waals surface area contributed by atoms with Crippen molar-refractivity contribution in [3.05, 3.63) is 41.2 Å². The Morgan fingerprint density at radius 2 is 1.85 bits per heavy atom. The molecule has 0 bridgehead atoms. The lowest BCUT2D eigenvalue weighted by Gasteiger charge is -2.17. The molecule has 0 radical (unpaired) electrons. The van der Waals surface area contributed by atoms with Gasteiger partial charge in [0.2, 0.25) is 0 Å². The normalized spacial score (nSPS) is 14.3. The highest BCUT2D eigenvalue weighted by Gasteiger charge is 2.28. The number of amides is 1. The maximum absolute atomic E-state index is 13.2. The smallest absolute Gasteiger partial charge is 0.257 e. The van der Waals surface area contributed by atoms with Crippen molar-refractivity contribution >= 4 is 5.91 Å². The molecule has 5 heteroatoms. The molecule has 1 amide bonds. The van der Waals surface area contributed by atoms with Gasteiger partial charge in [-0.2, -0.15) is 5.10 Å². The molecule has 2 heterocycles. The number of likely N-dealkylation sites (tertiary alicyclic amines) is 1. The predicted molar refractivity (Wildman–Crippen MR) is 103 cm³/mol. The molecule has 0 atom stereocenters. The van der Waals surface area contributed by atoms with E-state index in [-0.39, 0.29) is 5.91 Å². The van der Waals surface area contributed by atoms with E-state index in [1.165, 1.54) is 0 Å². The van der Waals surface area contributed by atoms with Gasteiger partial charge in [-0.3, -0.25) is 4.79 Å². The Labute approximate surface area is 156 Å². The number of hydrogen-bond acceptors (Lipinski definition) is 3. The molecule has 1 aliphatic heterocycles. The zero-order valence-corrected chi connectivity index (χ0v) is 16.3. The second-order valence-electron chi connectivity index (χ2n) is 7.33. The Morgan fingerprint density at radius 3 is 2.38 bits per heavy atom. The average molecular weight is 355 g/mol. The number of ether oxygens (including phenoxy) is 1. The quantitative estimate of drug-likeness (QED) is 0.790. The molecule has 1 saturated heterocycles. The molecule has 0 N–H and O–H groups in total. The Balaban J connectivity index is 2.07. The Kier molecular flexibility index (Phi) is 5.64. The molecule has 140 valence electrons. The lowest BCUT2D eigenvalue weighted by Crippen LogP contribution is -2.29. The third kappa shape index (κ3) is 3.62. The first-order chi connectivity index (χ1) is 12.5. The van der Waals surface area contributed by atoms with Crippen LogP contribution < -0.4 is 4.74 Å². The summed E-state index contributed by atoms with van der Waals surface area (Å²) in [7, 11) is 1.66. The van der Waals surface area contributed by atoms with Crippen LogP contribution in [0.4, 0.5) is 0 Å². The van der Waals surface area contributed by atoms with Crippen LogP contribution in [0.3, 0.4) is 0 Å². The lowest BCUT2D eigenvalue weighted by atomic mass is 10.0. The van der Waals surface area contributed by atoms with Crippen molar-refractivity contribution in [2.75, 3.05) is 20.2 Å². The number of aromatic nitrogens is 2. The topological polar surface area (TPSA) is 47.4 Å². The maximum atomic E-state index is 13.2. The number of hydrogen-bond donors (Lipinski definition) is 0. The van der Waals surface area contributed by atoms with Gasteiger partial charge in [0, 0.05) is 13.1 Å². The number of methoxy groups -OCH3 is 1. The van der Waals surface area contributed by atoms with Crippen molar-refractivity contribution < 1.29 is 9.53 Å². The van der Waals surface area contributed by atoms with E-state index in [0.717, 1.165) is 67.2 Å². The first kappa shape index (κ1) is 18.5. The van der Waals surface area contributed by atoms with Crippen molar-refractivity contribution in [3.63, 3.8) is 0 Å². The lowest BCUT2D eigenvalue weighted by molar-refractivity contribution is 0.0790. The first-order valence-electron chi connectivity index (χ1n) is 9.59. The van der Waals surface area contributed by atoms with Gasteiger partial charge in [-0.1, -0.05) is 20.8 Å². The molecule has 1 aromatic heterocycles. The van der Waals surface area contributed by atoms with Crippen LogP contribution in [0.1, 0.15) is 55.4 Å². The molecule has 1 fully saturated rings. The van der Waals surface area contributed by atoms with Crippen LogP contribution in [0.2, 0.25) is 0 Å². The van der Waals surface area contributed by atoms with Crippen LogP contribution in [-0.2, 0) is 12.8 Å². The van der Waals surface area contributed by atoms with Gasteiger partial charge in [0.15, 0.2) is 0 Å². The van der Waals surface area contributed by atoms with Crippen molar-refractivity contribution in [1.29, 1.82) is 0 Å². The van der Waals surface area contributed by atoms with Gasteiger partial charge in [-0.15, -0.1) is 0 Å². The van der Waals surface area contributed by atoms with Crippen LogP contribution >= 0.6 is 0 Å². The summed E-state index contributed by atoms with van der Waals surface area (Å²) in [4.78, 5) is 15.2. The molecule has 0 saturated carbocycles. The first-order valence-corrected chi connectivity index (χ1v) is 9.59. The highest BCUT2D eigenvalue weighted by Crippen LogP contribution is 2.26. The number of carbonyl (C=O) groups is 1. The highest BCUT2D eigenvalue weighted by atomic mass is 16.5. The van der Waals surface area contributed by atoms with Gasteiger partial charge < -0.3 is 9.64 Å². The molecule has 1 aliphatic rings. The van der Waals surface area contributed by atoms with Crippen LogP contribution in [0.5, 0.6) is 5.75 Å². The third-order valence-electron chi connectivity index (χ3n) is 4.91. The minimum absolute atomic E-state index is 0.148. The second-order valence-corrected chi connectivity index (χ2v) is 7.33. The summed E-state index contributed by atoms with van der Waals surface area (Å²) in [6.07, 6.45) is 3.77. The van der Waals surface area contributed by atoms with E-state index < -0.39 is 0 Å². The molecule has 5 nitrogen and oxygen atoms in total. The summed E-state index contributed by atoms with van der Waals surface area (Å²) in [5.41, 5.74) is 3.71. The summed E-state index contributed by atoms with van der Waals surface area (Å²) in [5, 5.41) is 4.87. The molecule has 0 aliphatic carbocycles. The zero-order valence-electron chi connectivity index (χ0n) is 16.3. The monoisotopic (exact) mass is 355 g/mol. The largest absolute Gasteiger partial charge is 0.497 e. The standard InChI is InChI=1S/C21H29N3O2/c1-5-19-20(21(25)23-12-6-7-13-23)18(14-15(2)3)22-24(19)16-8-10-17(26-4)11-9-16/h8-11,15H,5-7,12-14H2,1-4H3. The Hall–Kier alpha value is -2.30. The van der Waals surface area contributed by atoms with E-state index >= 15 is 0 Å². The van der Waals surface area contributed by atoms with Gasteiger partial charge in [-0.25, -0.2) is 4.68 Å². The van der Waals surface area contributed by atoms with Crippen LogP contribution in [0.25, 0.3) is 5.69 Å². The van der Waals surface area contributed by atoms with E-state index in [1.807, 2.05) is 33.8 Å². The summed E-state index contributed by atoms with van der Waals surface area (Å²) in [6.45, 7) is 8.15. The number of benzene rings is 1. The third-order valence-corrected chi connectivity index (χ3v) is 4.91. The van der Waals surface area contributed by atoms with Crippen molar-refractivity contribution in [1.82, 2.24) is 14.7 Å². The van der Waals surface area contributed by atoms with Crippen LogP contribution in [-0.4, -0.2) is 40.8 Å². The summed E-state index contributed by atoms with van der Waals surface area (Å²) in [6, 6.07) is 7.85. The molecule has 0 spiro atoms. The summed E-state index contributed by atoms with van der Waals surface area (Å²) in [5.74, 6) is 1.41. The number of carbonyl (C=O) groups excluding carboxylic acids is 1. The van der Waals surface area contributed by atoms with Crippen LogP contribution in [0, 0.1) is 5.92 Å². The van der Waals surface area contributed by atoms with Crippen molar-refractivity contribution in [2.24, 2.45) is 5.92 Å². The minimum atomic E-state index is 0.148. The molecular weight excluding hydrogens is 326 g/mol. The minimum Gasteiger partial charge on any atom is -0.497 e. The van der Waals surface area contributed by atoms with E-state index in [1.54, 1.807) is 7.11 Å². The van der Waals surface area contributed by atoms with E-state index in [4.69, 9.17) is 9.84 Å². The second kappa shape index (κ2) is 7.94. The van der Waals surface area contributed by atoms with Crippen LogP contribution in [0.15, 0.2) is 24.3 Å². The predicted octanol–water partition coefficient (Wildman–Crippen LogP) is 3.88. The SMILES string of the molecule is CCc1c(C(=O)N2CCCC2)c(CC(C)C)nn1-c1ccc(OC)cc1. The summed E-state index contributed by atoms with van der Waals surface area (Å²) >= 11 is 0. The zero-order chi connectivity index (χ0) is 18.7. The number of nitrogens with zero attached hydrogens (tertiary/aromatic N) is 3. The Bertz CT molecular complexity index is 756. The molecule has 26 heavy (non-hydrogen) atoms. The van der Waals surface area contributed by atoms with Gasteiger partial charge in [0.1, 0.15) is 5.75 Å². The average Bonchev–Trinajstić information content (AvgIpc) is 3.28. The van der Waals surface area contributed by atoms with Gasteiger partial charge in [-0.05, 0) is 55.9 Å². The fraction of sp³-hybridized carbons (Fsp3) is 0.524. The van der Waals surface area contributed by atoms with E-state index in [2.05, 4.69) is 20.8 Å².